The summed E-state index contributed by atoms with van der Waals surface area (Å²) in [6.07, 6.45) is 0.878. The first-order valence-electron chi connectivity index (χ1n) is 4.33. The lowest BCUT2D eigenvalue weighted by Gasteiger charge is -2.13. The van der Waals surface area contributed by atoms with Crippen molar-refractivity contribution in [2.75, 3.05) is 0 Å². The Labute approximate surface area is 86.9 Å². The van der Waals surface area contributed by atoms with Gasteiger partial charge in [-0.15, -0.1) is 0 Å². The molecule has 1 aromatic carbocycles. The monoisotopic (exact) mass is 243 g/mol. The Morgan fingerprint density at radius 2 is 2.23 bits per heavy atom. The largest absolute Gasteiger partial charge is 0.392 e. The molecular formula is C10H14BrNO. The summed E-state index contributed by atoms with van der Waals surface area (Å²) in [7, 11) is 0. The Kier molecular flexibility index (Phi) is 3.90. The van der Waals surface area contributed by atoms with Gasteiger partial charge in [-0.25, -0.2) is 0 Å². The predicted octanol–water partition coefficient (Wildman–Crippen LogP) is 2.35. The van der Waals surface area contributed by atoms with Crippen LogP contribution in [0.3, 0.4) is 0 Å². The second-order valence-corrected chi connectivity index (χ2v) is 3.93. The lowest BCUT2D eigenvalue weighted by molar-refractivity contribution is 0.279. The SMILES string of the molecule is CC[C@H](N)c1cc(Br)ccc1CO. The highest BCUT2D eigenvalue weighted by Gasteiger charge is 2.08. The van der Waals surface area contributed by atoms with Crippen LogP contribution in [0.25, 0.3) is 0 Å². The number of hydrogen-bond donors (Lipinski definition) is 2. The molecule has 0 fully saturated rings. The number of hydrogen-bond acceptors (Lipinski definition) is 2. The van der Waals surface area contributed by atoms with Crippen molar-refractivity contribution in [3.8, 4) is 0 Å². The van der Waals surface area contributed by atoms with E-state index in [4.69, 9.17) is 10.8 Å². The highest BCUT2D eigenvalue weighted by Crippen LogP contribution is 2.23. The van der Waals surface area contributed by atoms with Gasteiger partial charge in [-0.1, -0.05) is 28.9 Å². The molecule has 0 aliphatic carbocycles. The smallest absolute Gasteiger partial charge is 0.0685 e. The number of halogens is 1. The molecule has 0 heterocycles. The van der Waals surface area contributed by atoms with Crippen molar-refractivity contribution in [3.63, 3.8) is 0 Å². The van der Waals surface area contributed by atoms with Crippen molar-refractivity contribution < 1.29 is 5.11 Å². The Morgan fingerprint density at radius 1 is 1.54 bits per heavy atom. The van der Waals surface area contributed by atoms with E-state index in [1.165, 1.54) is 0 Å². The minimum absolute atomic E-state index is 0.0136. The van der Waals surface area contributed by atoms with Gasteiger partial charge in [-0.2, -0.15) is 0 Å². The number of nitrogens with two attached hydrogens (primary N) is 1. The molecule has 0 amide bonds. The average molecular weight is 244 g/mol. The maximum absolute atomic E-state index is 9.08. The van der Waals surface area contributed by atoms with Crippen LogP contribution in [0.15, 0.2) is 22.7 Å². The van der Waals surface area contributed by atoms with Gasteiger partial charge in [0.1, 0.15) is 0 Å². The van der Waals surface area contributed by atoms with E-state index in [1.54, 1.807) is 0 Å². The topological polar surface area (TPSA) is 46.2 Å². The standard InChI is InChI=1S/C10H14BrNO/c1-2-10(12)9-5-8(11)4-3-7(9)6-13/h3-5,10,13H,2,6,12H2,1H3/t10-/m0/s1. The number of rotatable bonds is 3. The van der Waals surface area contributed by atoms with Gasteiger partial charge in [0.25, 0.3) is 0 Å². The fourth-order valence-corrected chi connectivity index (χ4v) is 1.65. The maximum atomic E-state index is 9.08. The van der Waals surface area contributed by atoms with E-state index in [1.807, 2.05) is 25.1 Å². The normalized spacial score (nSPS) is 12.9. The van der Waals surface area contributed by atoms with Crippen LogP contribution < -0.4 is 5.73 Å². The zero-order chi connectivity index (χ0) is 9.84. The summed E-state index contributed by atoms with van der Waals surface area (Å²) in [5, 5.41) is 9.08. The lowest BCUT2D eigenvalue weighted by atomic mass is 10.00. The molecule has 1 rings (SSSR count). The second-order valence-electron chi connectivity index (χ2n) is 3.02. The van der Waals surface area contributed by atoms with E-state index in [0.717, 1.165) is 22.0 Å². The van der Waals surface area contributed by atoms with E-state index in [0.29, 0.717) is 0 Å². The highest BCUT2D eigenvalue weighted by atomic mass is 79.9. The van der Waals surface area contributed by atoms with Crippen LogP contribution in [0.4, 0.5) is 0 Å². The van der Waals surface area contributed by atoms with Crippen molar-refractivity contribution in [3.05, 3.63) is 33.8 Å². The molecule has 1 aromatic rings. The van der Waals surface area contributed by atoms with Gasteiger partial charge in [-0.05, 0) is 29.7 Å². The molecule has 72 valence electrons. The quantitative estimate of drug-likeness (QED) is 0.857. The Balaban J connectivity index is 3.07. The van der Waals surface area contributed by atoms with E-state index in [-0.39, 0.29) is 12.6 Å². The molecule has 2 nitrogen and oxygen atoms in total. The fraction of sp³-hybridized carbons (Fsp3) is 0.400. The van der Waals surface area contributed by atoms with Crippen molar-refractivity contribution in [2.24, 2.45) is 5.73 Å². The third-order valence-electron chi connectivity index (χ3n) is 2.12. The summed E-state index contributed by atoms with van der Waals surface area (Å²) in [6.45, 7) is 2.09. The molecule has 13 heavy (non-hydrogen) atoms. The first-order valence-corrected chi connectivity index (χ1v) is 5.13. The summed E-state index contributed by atoms with van der Waals surface area (Å²) in [6, 6.07) is 5.80. The second kappa shape index (κ2) is 4.74. The minimum Gasteiger partial charge on any atom is -0.392 e. The Hall–Kier alpha value is -0.380. The summed E-state index contributed by atoms with van der Waals surface area (Å²) in [5.74, 6) is 0. The minimum atomic E-state index is 0.0136. The molecule has 0 aliphatic heterocycles. The van der Waals surface area contributed by atoms with Gasteiger partial charge >= 0.3 is 0 Å². The highest BCUT2D eigenvalue weighted by molar-refractivity contribution is 9.10. The van der Waals surface area contributed by atoms with Crippen molar-refractivity contribution in [1.82, 2.24) is 0 Å². The lowest BCUT2D eigenvalue weighted by Crippen LogP contribution is -2.11. The fourth-order valence-electron chi connectivity index (χ4n) is 1.27. The van der Waals surface area contributed by atoms with Crippen LogP contribution in [-0.4, -0.2) is 5.11 Å². The molecule has 3 heteroatoms. The Morgan fingerprint density at radius 3 is 2.77 bits per heavy atom. The number of aliphatic hydroxyl groups excluding tert-OH is 1. The zero-order valence-corrected chi connectivity index (χ0v) is 9.21. The zero-order valence-electron chi connectivity index (χ0n) is 7.63. The van der Waals surface area contributed by atoms with Gasteiger partial charge in [0.05, 0.1) is 6.61 Å². The van der Waals surface area contributed by atoms with Crippen LogP contribution >= 0.6 is 15.9 Å². The van der Waals surface area contributed by atoms with Crippen LogP contribution in [0.1, 0.15) is 30.5 Å². The molecule has 0 radical (unpaired) electrons. The molecule has 0 unspecified atom stereocenters. The van der Waals surface area contributed by atoms with E-state index < -0.39 is 0 Å². The predicted molar refractivity (Wildman–Crippen MR) is 57.3 cm³/mol. The van der Waals surface area contributed by atoms with E-state index >= 15 is 0 Å². The van der Waals surface area contributed by atoms with Gasteiger partial charge in [0.2, 0.25) is 0 Å². The van der Waals surface area contributed by atoms with Crippen LogP contribution in [0.5, 0.6) is 0 Å². The molecule has 0 bridgehead atoms. The van der Waals surface area contributed by atoms with Crippen LogP contribution in [0, 0.1) is 0 Å². The molecule has 1 atom stereocenters. The van der Waals surface area contributed by atoms with Crippen LogP contribution in [0.2, 0.25) is 0 Å². The molecule has 3 N–H and O–H groups in total. The summed E-state index contributed by atoms with van der Waals surface area (Å²) < 4.78 is 1.00. The third kappa shape index (κ3) is 2.53. The summed E-state index contributed by atoms with van der Waals surface area (Å²) in [4.78, 5) is 0. The first kappa shape index (κ1) is 10.7. The number of aliphatic hydroxyl groups is 1. The van der Waals surface area contributed by atoms with Crippen molar-refractivity contribution in [2.45, 2.75) is 26.0 Å². The summed E-state index contributed by atoms with van der Waals surface area (Å²) in [5.41, 5.74) is 7.85. The molecular weight excluding hydrogens is 230 g/mol. The van der Waals surface area contributed by atoms with Crippen molar-refractivity contribution >= 4 is 15.9 Å². The number of benzene rings is 1. The first-order chi connectivity index (χ1) is 6.19. The van der Waals surface area contributed by atoms with Gasteiger partial charge in [0.15, 0.2) is 0 Å². The van der Waals surface area contributed by atoms with E-state index in [2.05, 4.69) is 15.9 Å². The molecule has 0 aliphatic rings. The Bertz CT molecular complexity index is 288. The average Bonchev–Trinajstić information content (AvgIpc) is 2.16. The maximum Gasteiger partial charge on any atom is 0.0685 e. The summed E-state index contributed by atoms with van der Waals surface area (Å²) >= 11 is 3.39. The molecule has 0 spiro atoms. The van der Waals surface area contributed by atoms with Gasteiger partial charge in [-0.3, -0.25) is 0 Å². The van der Waals surface area contributed by atoms with Gasteiger partial charge in [0, 0.05) is 10.5 Å². The molecule has 0 saturated carbocycles. The molecule has 0 aromatic heterocycles. The van der Waals surface area contributed by atoms with Gasteiger partial charge < -0.3 is 10.8 Å². The molecule has 0 saturated heterocycles. The van der Waals surface area contributed by atoms with Crippen LogP contribution in [-0.2, 0) is 6.61 Å². The van der Waals surface area contributed by atoms with Crippen molar-refractivity contribution in [1.29, 1.82) is 0 Å². The van der Waals surface area contributed by atoms with E-state index in [9.17, 15) is 0 Å². The third-order valence-corrected chi connectivity index (χ3v) is 2.61.